The zero-order valence-electron chi connectivity index (χ0n) is 16.7. The highest BCUT2D eigenvalue weighted by Crippen LogP contribution is 2.28. The van der Waals surface area contributed by atoms with Gasteiger partial charge in [-0.05, 0) is 42.2 Å². The zero-order valence-corrected chi connectivity index (χ0v) is 16.7. The van der Waals surface area contributed by atoms with Crippen molar-refractivity contribution in [3.63, 3.8) is 0 Å². The van der Waals surface area contributed by atoms with Gasteiger partial charge in [0.1, 0.15) is 11.6 Å². The predicted octanol–water partition coefficient (Wildman–Crippen LogP) is 5.08. The predicted molar refractivity (Wildman–Crippen MR) is 120 cm³/mol. The summed E-state index contributed by atoms with van der Waals surface area (Å²) in [7, 11) is 0. The van der Waals surface area contributed by atoms with E-state index in [2.05, 4.69) is 12.1 Å². The van der Waals surface area contributed by atoms with Crippen LogP contribution in [0.4, 0.5) is 11.4 Å². The third-order valence-corrected chi connectivity index (χ3v) is 5.27. The molecule has 0 saturated carbocycles. The van der Waals surface area contributed by atoms with Crippen LogP contribution in [0, 0.1) is 11.3 Å². The largest absolute Gasteiger partial charge is 0.342 e. The summed E-state index contributed by atoms with van der Waals surface area (Å²) in [5.74, 6) is -0.251. The van der Waals surface area contributed by atoms with E-state index in [-0.39, 0.29) is 11.5 Å². The number of benzene rings is 3. The molecule has 1 aliphatic rings. The number of nitriles is 1. The molecule has 148 valence electrons. The van der Waals surface area contributed by atoms with E-state index in [1.165, 1.54) is 0 Å². The lowest BCUT2D eigenvalue weighted by molar-refractivity contribution is -0.114. The Morgan fingerprint density at radius 2 is 1.63 bits per heavy atom. The second-order valence-corrected chi connectivity index (χ2v) is 7.29. The average Bonchev–Trinajstić information content (AvgIpc) is 2.82. The first-order chi connectivity index (χ1) is 14.8. The summed E-state index contributed by atoms with van der Waals surface area (Å²) in [6.45, 7) is 1.19. The van der Waals surface area contributed by atoms with Gasteiger partial charge in [-0.15, -0.1) is 0 Å². The van der Waals surface area contributed by atoms with E-state index in [0.717, 1.165) is 35.3 Å². The van der Waals surface area contributed by atoms with E-state index in [1.54, 1.807) is 11.1 Å². The number of hydrogen-bond donors (Lipinski definition) is 0. The highest BCUT2D eigenvalue weighted by Gasteiger charge is 2.25. The van der Waals surface area contributed by atoms with Crippen LogP contribution in [0.2, 0.25) is 0 Å². The molecular formula is C26H23N3O. The van der Waals surface area contributed by atoms with Crippen LogP contribution in [-0.4, -0.2) is 12.5 Å². The van der Waals surface area contributed by atoms with Gasteiger partial charge in [-0.3, -0.25) is 4.79 Å². The molecule has 0 spiro atoms. The normalized spacial score (nSPS) is 13.3. The van der Waals surface area contributed by atoms with Crippen molar-refractivity contribution < 1.29 is 4.79 Å². The molecular weight excluding hydrogens is 370 g/mol. The molecule has 3 aromatic rings. The summed E-state index contributed by atoms with van der Waals surface area (Å²) in [5, 5.41) is 9.84. The molecule has 1 heterocycles. The molecule has 4 heteroatoms. The molecule has 0 saturated heterocycles. The Morgan fingerprint density at radius 3 is 2.37 bits per heavy atom. The van der Waals surface area contributed by atoms with Crippen molar-refractivity contribution in [1.29, 1.82) is 5.26 Å². The Hall–Kier alpha value is -3.84. The van der Waals surface area contributed by atoms with Crippen LogP contribution < -0.4 is 9.80 Å². The van der Waals surface area contributed by atoms with Crippen molar-refractivity contribution in [1.82, 2.24) is 0 Å². The smallest absolute Gasteiger partial charge is 0.270 e. The maximum absolute atomic E-state index is 13.3. The Morgan fingerprint density at radius 1 is 0.967 bits per heavy atom. The fraction of sp³-hybridized carbons (Fsp3) is 0.154. The van der Waals surface area contributed by atoms with E-state index < -0.39 is 0 Å². The first-order valence-electron chi connectivity index (χ1n) is 10.1. The van der Waals surface area contributed by atoms with E-state index in [1.807, 2.05) is 83.8 Å². The Kier molecular flexibility index (Phi) is 5.91. The van der Waals surface area contributed by atoms with Gasteiger partial charge < -0.3 is 9.80 Å². The number of amides is 1. The van der Waals surface area contributed by atoms with Crippen molar-refractivity contribution in [3.8, 4) is 6.07 Å². The van der Waals surface area contributed by atoms with Crippen molar-refractivity contribution in [2.24, 2.45) is 0 Å². The fourth-order valence-corrected chi connectivity index (χ4v) is 3.79. The summed E-state index contributed by atoms with van der Waals surface area (Å²) >= 11 is 0. The van der Waals surface area contributed by atoms with E-state index >= 15 is 0 Å². The minimum atomic E-state index is -0.251. The highest BCUT2D eigenvalue weighted by atomic mass is 16.2. The van der Waals surface area contributed by atoms with Crippen molar-refractivity contribution >= 4 is 17.3 Å². The number of aryl methyl sites for hydroxylation is 1. The Bertz CT molecular complexity index is 1080. The number of hydrogen-bond acceptors (Lipinski definition) is 3. The van der Waals surface area contributed by atoms with Gasteiger partial charge in [-0.2, -0.15) is 5.26 Å². The molecule has 30 heavy (non-hydrogen) atoms. The van der Waals surface area contributed by atoms with Gasteiger partial charge in [0.15, 0.2) is 0 Å². The summed E-state index contributed by atoms with van der Waals surface area (Å²) in [4.78, 5) is 17.0. The standard InChI is InChI=1S/C26H23N3O/c27-18-23(26(30)29-17-9-13-22-12-7-8-16-25(22)29)20-28(24-14-5-2-6-15-24)19-21-10-3-1-4-11-21/h1-8,10-12,14-16,20H,9,13,17,19H2/b23-20-. The average molecular weight is 393 g/mol. The molecule has 1 amide bonds. The van der Waals surface area contributed by atoms with Gasteiger partial charge in [0.05, 0.1) is 0 Å². The van der Waals surface area contributed by atoms with Crippen LogP contribution in [0.5, 0.6) is 0 Å². The molecule has 0 unspecified atom stereocenters. The van der Waals surface area contributed by atoms with Crippen molar-refractivity contribution in [2.75, 3.05) is 16.3 Å². The first kappa shape index (κ1) is 19.5. The maximum Gasteiger partial charge on any atom is 0.270 e. The third kappa shape index (κ3) is 4.26. The zero-order chi connectivity index (χ0) is 20.8. The van der Waals surface area contributed by atoms with Crippen LogP contribution in [0.1, 0.15) is 17.5 Å². The lowest BCUT2D eigenvalue weighted by atomic mass is 10.0. The maximum atomic E-state index is 13.3. The number of carbonyl (C=O) groups is 1. The minimum Gasteiger partial charge on any atom is -0.342 e. The van der Waals surface area contributed by atoms with Crippen LogP contribution in [0.3, 0.4) is 0 Å². The van der Waals surface area contributed by atoms with E-state index in [4.69, 9.17) is 0 Å². The van der Waals surface area contributed by atoms with Crippen LogP contribution in [-0.2, 0) is 17.8 Å². The minimum absolute atomic E-state index is 0.131. The number of carbonyl (C=O) groups excluding carboxylic acids is 1. The molecule has 0 bridgehead atoms. The third-order valence-electron chi connectivity index (χ3n) is 5.27. The lowest BCUT2D eigenvalue weighted by Crippen LogP contribution is -2.36. The van der Waals surface area contributed by atoms with Gasteiger partial charge in [0.2, 0.25) is 0 Å². The first-order valence-corrected chi connectivity index (χ1v) is 10.1. The number of rotatable bonds is 5. The second kappa shape index (κ2) is 9.11. The monoisotopic (exact) mass is 393 g/mol. The molecule has 1 aliphatic heterocycles. The van der Waals surface area contributed by atoms with E-state index in [9.17, 15) is 10.1 Å². The van der Waals surface area contributed by atoms with Crippen molar-refractivity contribution in [3.05, 3.63) is 108 Å². The number of nitrogens with zero attached hydrogens (tertiary/aromatic N) is 3. The lowest BCUT2D eigenvalue weighted by Gasteiger charge is -2.29. The van der Waals surface area contributed by atoms with Crippen molar-refractivity contribution in [2.45, 2.75) is 19.4 Å². The molecule has 0 radical (unpaired) electrons. The number of fused-ring (bicyclic) bond motifs is 1. The SMILES string of the molecule is N#C/C(=C/N(Cc1ccccc1)c1ccccc1)C(=O)N1CCCc2ccccc21. The summed E-state index contributed by atoms with van der Waals surface area (Å²) in [5.41, 5.74) is 4.22. The van der Waals surface area contributed by atoms with Gasteiger partial charge >= 0.3 is 0 Å². The molecule has 0 atom stereocenters. The highest BCUT2D eigenvalue weighted by molar-refractivity contribution is 6.09. The Labute approximate surface area is 177 Å². The van der Waals surface area contributed by atoms with Gasteiger partial charge in [-0.25, -0.2) is 0 Å². The molecule has 4 rings (SSSR count). The van der Waals surface area contributed by atoms with E-state index in [0.29, 0.717) is 13.1 Å². The van der Waals surface area contributed by atoms with Gasteiger partial charge in [0.25, 0.3) is 5.91 Å². The molecule has 4 nitrogen and oxygen atoms in total. The molecule has 0 aromatic heterocycles. The molecule has 0 aliphatic carbocycles. The second-order valence-electron chi connectivity index (χ2n) is 7.29. The number of para-hydroxylation sites is 2. The summed E-state index contributed by atoms with van der Waals surface area (Å²) in [6, 6.07) is 29.9. The van der Waals surface area contributed by atoms with Crippen LogP contribution in [0.15, 0.2) is 96.7 Å². The van der Waals surface area contributed by atoms with Crippen LogP contribution >= 0.6 is 0 Å². The summed E-state index contributed by atoms with van der Waals surface area (Å²) in [6.07, 6.45) is 3.53. The van der Waals surface area contributed by atoms with Crippen LogP contribution in [0.25, 0.3) is 0 Å². The van der Waals surface area contributed by atoms with Gasteiger partial charge in [-0.1, -0.05) is 66.7 Å². The molecule has 0 N–H and O–H groups in total. The molecule has 0 fully saturated rings. The number of anilines is 2. The quantitative estimate of drug-likeness (QED) is 0.449. The fourth-order valence-electron chi connectivity index (χ4n) is 3.79. The Balaban J connectivity index is 1.68. The topological polar surface area (TPSA) is 47.3 Å². The molecule has 3 aromatic carbocycles. The van der Waals surface area contributed by atoms with Gasteiger partial charge in [0, 0.05) is 30.7 Å². The summed E-state index contributed by atoms with van der Waals surface area (Å²) < 4.78 is 0.